The average molecular weight is 318 g/mol. The van der Waals surface area contributed by atoms with Gasteiger partial charge in [-0.25, -0.2) is 4.98 Å². The number of nitrogens with one attached hydrogen (secondary N) is 1. The standard InChI is InChI=1S/C18H30N4O/c1-14(2)18-19-15(12-17(23)20-18)13-21-10-6-16(7-11-21)22-8-4-3-5-9-22/h12,14,16H,3-11,13H2,1-2H3,(H,19,20,23). The van der Waals surface area contributed by atoms with Crippen LogP contribution in [-0.4, -0.2) is 52.0 Å². The van der Waals surface area contributed by atoms with E-state index in [2.05, 4.69) is 33.6 Å². The Balaban J connectivity index is 1.55. The van der Waals surface area contributed by atoms with Crippen LogP contribution in [0.3, 0.4) is 0 Å². The molecule has 5 nitrogen and oxygen atoms in total. The van der Waals surface area contributed by atoms with Crippen LogP contribution >= 0.6 is 0 Å². The van der Waals surface area contributed by atoms with Gasteiger partial charge >= 0.3 is 0 Å². The van der Waals surface area contributed by atoms with Gasteiger partial charge in [-0.1, -0.05) is 20.3 Å². The first-order valence-electron chi connectivity index (χ1n) is 9.18. The van der Waals surface area contributed by atoms with Crippen LogP contribution < -0.4 is 5.56 Å². The minimum atomic E-state index is -0.0260. The molecule has 0 unspecified atom stereocenters. The second-order valence-electron chi connectivity index (χ2n) is 7.38. The summed E-state index contributed by atoms with van der Waals surface area (Å²) in [7, 11) is 0. The molecule has 1 N–H and O–H groups in total. The summed E-state index contributed by atoms with van der Waals surface area (Å²) in [4.78, 5) is 24.4. The highest BCUT2D eigenvalue weighted by molar-refractivity contribution is 5.05. The lowest BCUT2D eigenvalue weighted by Gasteiger charge is -2.40. The van der Waals surface area contributed by atoms with Crippen molar-refractivity contribution in [2.45, 2.75) is 64.5 Å². The van der Waals surface area contributed by atoms with Crippen LogP contribution in [0.1, 0.15) is 63.4 Å². The van der Waals surface area contributed by atoms with Crippen LogP contribution in [0.25, 0.3) is 0 Å². The summed E-state index contributed by atoms with van der Waals surface area (Å²) in [6.45, 7) is 9.74. The van der Waals surface area contributed by atoms with Gasteiger partial charge in [0.05, 0.1) is 5.69 Å². The zero-order chi connectivity index (χ0) is 16.2. The van der Waals surface area contributed by atoms with Gasteiger partial charge in [0.15, 0.2) is 0 Å². The van der Waals surface area contributed by atoms with Gasteiger partial charge in [-0.3, -0.25) is 9.69 Å². The van der Waals surface area contributed by atoms with Crippen LogP contribution in [0.2, 0.25) is 0 Å². The van der Waals surface area contributed by atoms with Crippen LogP contribution in [-0.2, 0) is 6.54 Å². The molecule has 2 saturated heterocycles. The molecule has 1 aromatic rings. The lowest BCUT2D eigenvalue weighted by Crippen LogP contribution is -2.46. The third-order valence-corrected chi connectivity index (χ3v) is 5.21. The SMILES string of the molecule is CC(C)c1nc(CN2CCC(N3CCCCC3)CC2)cc(=O)[nH]1. The minimum absolute atomic E-state index is 0.0260. The molecule has 0 amide bonds. The van der Waals surface area contributed by atoms with E-state index in [0.29, 0.717) is 0 Å². The third-order valence-electron chi connectivity index (χ3n) is 5.21. The lowest BCUT2D eigenvalue weighted by molar-refractivity contribution is 0.0890. The molecule has 3 heterocycles. The van der Waals surface area contributed by atoms with Crippen molar-refractivity contribution in [3.8, 4) is 0 Å². The average Bonchev–Trinajstić information content (AvgIpc) is 2.56. The molecule has 2 fully saturated rings. The molecule has 0 atom stereocenters. The first-order valence-corrected chi connectivity index (χ1v) is 9.18. The fraction of sp³-hybridized carbons (Fsp3) is 0.778. The van der Waals surface area contributed by atoms with Crippen LogP contribution in [0, 0.1) is 0 Å². The highest BCUT2D eigenvalue weighted by atomic mass is 16.1. The number of nitrogens with zero attached hydrogens (tertiary/aromatic N) is 3. The van der Waals surface area contributed by atoms with Gasteiger partial charge in [0.2, 0.25) is 0 Å². The van der Waals surface area contributed by atoms with E-state index in [-0.39, 0.29) is 11.5 Å². The van der Waals surface area contributed by atoms with Crippen molar-refractivity contribution >= 4 is 0 Å². The molecule has 0 spiro atoms. The lowest BCUT2D eigenvalue weighted by atomic mass is 10.00. The van der Waals surface area contributed by atoms with Crippen LogP contribution in [0.15, 0.2) is 10.9 Å². The summed E-state index contributed by atoms with van der Waals surface area (Å²) in [5, 5.41) is 0. The van der Waals surface area contributed by atoms with Crippen LogP contribution in [0.5, 0.6) is 0 Å². The summed E-state index contributed by atoms with van der Waals surface area (Å²) in [6, 6.07) is 2.42. The number of hydrogen-bond donors (Lipinski definition) is 1. The van der Waals surface area contributed by atoms with Crippen molar-refractivity contribution in [2.24, 2.45) is 0 Å². The first-order chi connectivity index (χ1) is 11.1. The molecule has 5 heteroatoms. The summed E-state index contributed by atoms with van der Waals surface area (Å²) < 4.78 is 0. The second kappa shape index (κ2) is 7.58. The maximum Gasteiger partial charge on any atom is 0.251 e. The largest absolute Gasteiger partial charge is 0.310 e. The zero-order valence-corrected chi connectivity index (χ0v) is 14.6. The molecule has 2 aliphatic rings. The van der Waals surface area contributed by atoms with Gasteiger partial charge in [0.25, 0.3) is 5.56 Å². The molecule has 23 heavy (non-hydrogen) atoms. The van der Waals surface area contributed by atoms with Crippen molar-refractivity contribution in [2.75, 3.05) is 26.2 Å². The number of hydrogen-bond acceptors (Lipinski definition) is 4. The fourth-order valence-corrected chi connectivity index (χ4v) is 3.84. The van der Waals surface area contributed by atoms with Crippen molar-refractivity contribution in [1.29, 1.82) is 0 Å². The quantitative estimate of drug-likeness (QED) is 0.926. The zero-order valence-electron chi connectivity index (χ0n) is 14.6. The van der Waals surface area contributed by atoms with E-state index >= 15 is 0 Å². The second-order valence-corrected chi connectivity index (χ2v) is 7.38. The Bertz CT molecular complexity index is 554. The molecule has 0 aromatic carbocycles. The maximum absolute atomic E-state index is 11.8. The Morgan fingerprint density at radius 1 is 1.17 bits per heavy atom. The van der Waals surface area contributed by atoms with E-state index in [0.717, 1.165) is 37.2 Å². The Morgan fingerprint density at radius 2 is 1.87 bits per heavy atom. The molecule has 3 rings (SSSR count). The molecular weight excluding hydrogens is 288 g/mol. The van der Waals surface area contributed by atoms with Crippen molar-refractivity contribution in [3.63, 3.8) is 0 Å². The topological polar surface area (TPSA) is 52.2 Å². The summed E-state index contributed by atoms with van der Waals surface area (Å²) in [5.74, 6) is 1.06. The van der Waals surface area contributed by atoms with Crippen molar-refractivity contribution in [1.82, 2.24) is 19.8 Å². The van der Waals surface area contributed by atoms with E-state index in [1.807, 2.05) is 0 Å². The van der Waals surface area contributed by atoms with Gasteiger partial charge in [0.1, 0.15) is 5.82 Å². The minimum Gasteiger partial charge on any atom is -0.310 e. The summed E-state index contributed by atoms with van der Waals surface area (Å²) >= 11 is 0. The highest BCUT2D eigenvalue weighted by Gasteiger charge is 2.25. The first kappa shape index (κ1) is 16.7. The molecule has 0 radical (unpaired) electrons. The predicted molar refractivity (Wildman–Crippen MR) is 92.7 cm³/mol. The number of rotatable bonds is 4. The van der Waals surface area contributed by atoms with E-state index < -0.39 is 0 Å². The Morgan fingerprint density at radius 3 is 2.52 bits per heavy atom. The van der Waals surface area contributed by atoms with Gasteiger partial charge in [-0.15, -0.1) is 0 Å². The number of aromatic amines is 1. The van der Waals surface area contributed by atoms with E-state index in [1.165, 1.54) is 45.2 Å². The monoisotopic (exact) mass is 318 g/mol. The number of likely N-dealkylation sites (tertiary alicyclic amines) is 2. The van der Waals surface area contributed by atoms with Gasteiger partial charge in [0, 0.05) is 37.7 Å². The molecular formula is C18H30N4O. The maximum atomic E-state index is 11.8. The van der Waals surface area contributed by atoms with Gasteiger partial charge < -0.3 is 9.88 Å². The number of piperidine rings is 2. The van der Waals surface area contributed by atoms with Crippen LogP contribution in [0.4, 0.5) is 0 Å². The van der Waals surface area contributed by atoms with E-state index in [4.69, 9.17) is 0 Å². The molecule has 0 bridgehead atoms. The number of aromatic nitrogens is 2. The van der Waals surface area contributed by atoms with Gasteiger partial charge in [-0.05, 0) is 38.8 Å². The normalized spacial score (nSPS) is 21.9. The van der Waals surface area contributed by atoms with Crippen molar-refractivity contribution in [3.05, 3.63) is 27.9 Å². The molecule has 0 saturated carbocycles. The van der Waals surface area contributed by atoms with Crippen molar-refractivity contribution < 1.29 is 0 Å². The molecule has 0 aliphatic carbocycles. The smallest absolute Gasteiger partial charge is 0.251 e. The van der Waals surface area contributed by atoms with E-state index in [1.54, 1.807) is 6.07 Å². The Labute approximate surface area is 139 Å². The third kappa shape index (κ3) is 4.42. The predicted octanol–water partition coefficient (Wildman–Crippen LogP) is 2.34. The fourth-order valence-electron chi connectivity index (χ4n) is 3.84. The summed E-state index contributed by atoms with van der Waals surface area (Å²) in [6.07, 6.45) is 6.64. The highest BCUT2D eigenvalue weighted by Crippen LogP contribution is 2.21. The molecule has 1 aromatic heterocycles. The van der Waals surface area contributed by atoms with Gasteiger partial charge in [-0.2, -0.15) is 0 Å². The summed E-state index contributed by atoms with van der Waals surface area (Å²) in [5.41, 5.74) is 0.885. The van der Waals surface area contributed by atoms with E-state index in [9.17, 15) is 4.79 Å². The molecule has 2 aliphatic heterocycles. The number of H-pyrrole nitrogens is 1. The molecule has 128 valence electrons. The Hall–Kier alpha value is -1.20. The Kier molecular flexibility index (Phi) is 5.49.